The molecule has 1 aromatic carbocycles. The monoisotopic (exact) mass is 351 g/mol. The number of aromatic nitrogens is 2. The van der Waals surface area contributed by atoms with E-state index in [4.69, 9.17) is 4.42 Å². The third-order valence-electron chi connectivity index (χ3n) is 4.01. The summed E-state index contributed by atoms with van der Waals surface area (Å²) in [5, 5.41) is 7.42. The molecule has 1 aromatic heterocycles. The average Bonchev–Trinajstić information content (AvgIpc) is 3.15. The lowest BCUT2D eigenvalue weighted by Crippen LogP contribution is -2.45. The second kappa shape index (κ2) is 6.98. The highest BCUT2D eigenvalue weighted by Crippen LogP contribution is 2.17. The molecule has 0 saturated carbocycles. The van der Waals surface area contributed by atoms with Crippen LogP contribution in [0, 0.1) is 0 Å². The molecule has 2 aromatic rings. The molecule has 0 amide bonds. The molecule has 1 fully saturated rings. The smallest absolute Gasteiger partial charge is 0.247 e. The number of nitrogens with zero attached hydrogens (tertiary/aromatic N) is 2. The Hall–Kier alpha value is -1.81. The summed E-state index contributed by atoms with van der Waals surface area (Å²) in [4.78, 5) is 0. The Kier molecular flexibility index (Phi) is 4.95. The van der Waals surface area contributed by atoms with Gasteiger partial charge in [-0.25, -0.2) is 13.1 Å². The van der Waals surface area contributed by atoms with Crippen molar-refractivity contribution in [2.24, 2.45) is 0 Å². The average molecular weight is 351 g/mol. The van der Waals surface area contributed by atoms with E-state index in [-0.39, 0.29) is 18.6 Å². The van der Waals surface area contributed by atoms with Crippen LogP contribution in [0.3, 0.4) is 0 Å². The largest absolute Gasteiger partial charge is 0.421 e. The first-order valence-corrected chi connectivity index (χ1v) is 9.39. The standard InChI is InChI=1S/C15H21N5O3S/c1-10-14(11(2)18-17-10)24(21,22)16-9-8-13-19-20-15(23-13)12-6-4-3-5-7-12/h3-7,10-11,14,16-18H,8-9H2,1-2H3. The minimum atomic E-state index is -3.44. The number of rotatable bonds is 6. The van der Waals surface area contributed by atoms with Crippen LogP contribution in [0.15, 0.2) is 34.7 Å². The number of hydrazine groups is 1. The Morgan fingerprint density at radius 1 is 1.12 bits per heavy atom. The maximum atomic E-state index is 12.4. The fraction of sp³-hybridized carbons (Fsp3) is 0.467. The first-order chi connectivity index (χ1) is 11.5. The van der Waals surface area contributed by atoms with Crippen molar-refractivity contribution in [3.05, 3.63) is 36.2 Å². The van der Waals surface area contributed by atoms with Crippen LogP contribution in [0.2, 0.25) is 0 Å². The minimum absolute atomic E-state index is 0.161. The minimum Gasteiger partial charge on any atom is -0.421 e. The number of sulfonamides is 1. The summed E-state index contributed by atoms with van der Waals surface area (Å²) < 4.78 is 33.0. The second-order valence-corrected chi connectivity index (χ2v) is 7.81. The van der Waals surface area contributed by atoms with E-state index in [9.17, 15) is 8.42 Å². The van der Waals surface area contributed by atoms with Gasteiger partial charge in [0.1, 0.15) is 5.25 Å². The van der Waals surface area contributed by atoms with Gasteiger partial charge in [0.05, 0.1) is 0 Å². The van der Waals surface area contributed by atoms with Gasteiger partial charge >= 0.3 is 0 Å². The van der Waals surface area contributed by atoms with E-state index in [0.717, 1.165) is 5.56 Å². The molecule has 0 radical (unpaired) electrons. The molecule has 1 saturated heterocycles. The van der Waals surface area contributed by atoms with Crippen molar-refractivity contribution >= 4 is 10.0 Å². The molecule has 2 atom stereocenters. The van der Waals surface area contributed by atoms with Crippen molar-refractivity contribution in [2.45, 2.75) is 37.6 Å². The molecule has 3 N–H and O–H groups in total. The van der Waals surface area contributed by atoms with Crippen LogP contribution in [-0.4, -0.2) is 42.5 Å². The maximum Gasteiger partial charge on any atom is 0.247 e. The van der Waals surface area contributed by atoms with Crippen molar-refractivity contribution in [3.8, 4) is 11.5 Å². The summed E-state index contributed by atoms with van der Waals surface area (Å²) in [5.41, 5.74) is 6.73. The molecule has 2 unspecified atom stereocenters. The van der Waals surface area contributed by atoms with Crippen molar-refractivity contribution in [1.29, 1.82) is 0 Å². The molecule has 24 heavy (non-hydrogen) atoms. The first kappa shape index (κ1) is 17.0. The Bertz CT molecular complexity index is 767. The molecule has 0 spiro atoms. The quantitative estimate of drug-likeness (QED) is 0.693. The number of hydrogen-bond donors (Lipinski definition) is 3. The van der Waals surface area contributed by atoms with Gasteiger partial charge in [-0.2, -0.15) is 0 Å². The molecule has 130 valence electrons. The predicted molar refractivity (Wildman–Crippen MR) is 89.3 cm³/mol. The molecule has 9 heteroatoms. The van der Waals surface area contributed by atoms with Gasteiger partial charge in [0.15, 0.2) is 0 Å². The molecule has 0 bridgehead atoms. The molecular formula is C15H21N5O3S. The zero-order valence-corrected chi connectivity index (χ0v) is 14.4. The number of nitrogens with one attached hydrogen (secondary N) is 3. The van der Waals surface area contributed by atoms with Crippen LogP contribution in [0.1, 0.15) is 19.7 Å². The molecule has 0 aliphatic carbocycles. The van der Waals surface area contributed by atoms with Gasteiger partial charge in [-0.15, -0.1) is 10.2 Å². The Balaban J connectivity index is 1.58. The lowest BCUT2D eigenvalue weighted by atomic mass is 10.2. The molecule has 1 aliphatic heterocycles. The summed E-state index contributed by atoms with van der Waals surface area (Å²) >= 11 is 0. The van der Waals surface area contributed by atoms with E-state index in [0.29, 0.717) is 18.2 Å². The zero-order chi connectivity index (χ0) is 17.2. The highest BCUT2D eigenvalue weighted by molar-refractivity contribution is 7.90. The Labute approximate surface area is 141 Å². The highest BCUT2D eigenvalue weighted by atomic mass is 32.2. The van der Waals surface area contributed by atoms with Crippen LogP contribution >= 0.6 is 0 Å². The summed E-state index contributed by atoms with van der Waals surface area (Å²) in [6.45, 7) is 3.89. The van der Waals surface area contributed by atoms with Crippen LogP contribution < -0.4 is 15.6 Å². The van der Waals surface area contributed by atoms with Gasteiger partial charge in [0, 0.05) is 30.6 Å². The lowest BCUT2D eigenvalue weighted by Gasteiger charge is -2.18. The second-order valence-electron chi connectivity index (χ2n) is 5.89. The maximum absolute atomic E-state index is 12.4. The Morgan fingerprint density at radius 2 is 1.79 bits per heavy atom. The molecule has 1 aliphatic rings. The Morgan fingerprint density at radius 3 is 2.46 bits per heavy atom. The summed E-state index contributed by atoms with van der Waals surface area (Å²) in [6, 6.07) is 9.12. The van der Waals surface area contributed by atoms with Crippen LogP contribution in [-0.2, 0) is 16.4 Å². The molecule has 2 heterocycles. The SMILES string of the molecule is CC1NNC(C)C1S(=O)(=O)NCCc1nnc(-c2ccccc2)o1. The van der Waals surface area contributed by atoms with Gasteiger partial charge < -0.3 is 4.42 Å². The topological polar surface area (TPSA) is 109 Å². The van der Waals surface area contributed by atoms with E-state index in [2.05, 4.69) is 25.8 Å². The van der Waals surface area contributed by atoms with Crippen LogP contribution in [0.4, 0.5) is 0 Å². The van der Waals surface area contributed by atoms with Gasteiger partial charge in [-0.3, -0.25) is 10.9 Å². The first-order valence-electron chi connectivity index (χ1n) is 7.85. The third-order valence-corrected chi connectivity index (χ3v) is 6.15. The van der Waals surface area contributed by atoms with Gasteiger partial charge in [-0.1, -0.05) is 18.2 Å². The van der Waals surface area contributed by atoms with Crippen LogP contribution in [0.25, 0.3) is 11.5 Å². The zero-order valence-electron chi connectivity index (χ0n) is 13.6. The van der Waals surface area contributed by atoms with E-state index in [1.165, 1.54) is 0 Å². The van der Waals surface area contributed by atoms with Crippen molar-refractivity contribution in [1.82, 2.24) is 25.8 Å². The molecule has 8 nitrogen and oxygen atoms in total. The predicted octanol–water partition coefficient (Wildman–Crippen LogP) is 0.452. The highest BCUT2D eigenvalue weighted by Gasteiger charge is 2.39. The lowest BCUT2D eigenvalue weighted by molar-refractivity contribution is 0.499. The fourth-order valence-electron chi connectivity index (χ4n) is 2.85. The van der Waals surface area contributed by atoms with Gasteiger partial charge in [-0.05, 0) is 26.0 Å². The molecular weight excluding hydrogens is 330 g/mol. The third kappa shape index (κ3) is 3.64. The van der Waals surface area contributed by atoms with Crippen molar-refractivity contribution in [3.63, 3.8) is 0 Å². The fourth-order valence-corrected chi connectivity index (χ4v) is 4.64. The van der Waals surface area contributed by atoms with E-state index < -0.39 is 15.3 Å². The van der Waals surface area contributed by atoms with E-state index in [1.54, 1.807) is 0 Å². The van der Waals surface area contributed by atoms with Gasteiger partial charge in [0.2, 0.25) is 21.8 Å². The summed E-state index contributed by atoms with van der Waals surface area (Å²) in [6.07, 6.45) is 0.343. The van der Waals surface area contributed by atoms with E-state index in [1.807, 2.05) is 44.2 Å². The molecule has 3 rings (SSSR count). The summed E-state index contributed by atoms with van der Waals surface area (Å²) in [5.74, 6) is 0.834. The van der Waals surface area contributed by atoms with Gasteiger partial charge in [0.25, 0.3) is 0 Å². The van der Waals surface area contributed by atoms with Crippen LogP contribution in [0.5, 0.6) is 0 Å². The number of benzene rings is 1. The van der Waals surface area contributed by atoms with Crippen molar-refractivity contribution < 1.29 is 12.8 Å². The normalized spacial score (nSPS) is 24.3. The van der Waals surface area contributed by atoms with Crippen molar-refractivity contribution in [2.75, 3.05) is 6.54 Å². The van der Waals surface area contributed by atoms with E-state index >= 15 is 0 Å². The summed E-state index contributed by atoms with van der Waals surface area (Å²) in [7, 11) is -3.44. The number of hydrogen-bond acceptors (Lipinski definition) is 7.